The smallest absolute Gasteiger partial charge is 0.412 e. The van der Waals surface area contributed by atoms with E-state index in [1.807, 2.05) is 32.9 Å². The molecule has 124 valence electrons. The number of hydrogen-bond donors (Lipinski definition) is 2. The Kier molecular flexibility index (Phi) is 4.44. The second-order valence-corrected chi connectivity index (χ2v) is 12.8. The first-order chi connectivity index (χ1) is 10.5. The van der Waals surface area contributed by atoms with Gasteiger partial charge in [-0.25, -0.2) is 4.79 Å². The van der Waals surface area contributed by atoms with Crippen molar-refractivity contribution in [1.29, 1.82) is 0 Å². The summed E-state index contributed by atoms with van der Waals surface area (Å²) >= 11 is 0. The van der Waals surface area contributed by atoms with Gasteiger partial charge < -0.3 is 9.84 Å². The Hall–Kier alpha value is -2.01. The molecule has 1 amide bonds. The van der Waals surface area contributed by atoms with Crippen molar-refractivity contribution in [1.82, 2.24) is 0 Å². The SMILES string of the molecule is CC(C)(C)OC(=O)Nc1c([Si](C)(C)C)ccc2ccc(O)cc12. The molecule has 0 saturated carbocycles. The first-order valence-electron chi connectivity index (χ1n) is 7.73. The summed E-state index contributed by atoms with van der Waals surface area (Å²) in [6.45, 7) is 12.2. The molecule has 0 aliphatic carbocycles. The van der Waals surface area contributed by atoms with Crippen molar-refractivity contribution in [2.24, 2.45) is 0 Å². The standard InChI is InChI=1S/C18H25NO3Si/c1-18(2,3)22-17(21)19-16-14-11-13(20)9-7-12(14)8-10-15(16)23(4,5)6/h7-11,20H,1-6H3,(H,19,21). The number of ether oxygens (including phenoxy) is 1. The maximum absolute atomic E-state index is 12.3. The molecule has 5 heteroatoms. The average molecular weight is 331 g/mol. The molecular weight excluding hydrogens is 306 g/mol. The van der Waals surface area contributed by atoms with Crippen molar-refractivity contribution in [2.45, 2.75) is 46.0 Å². The van der Waals surface area contributed by atoms with Gasteiger partial charge in [0.15, 0.2) is 0 Å². The Balaban J connectivity index is 2.57. The minimum Gasteiger partial charge on any atom is -0.508 e. The van der Waals surface area contributed by atoms with Crippen LogP contribution in [0, 0.1) is 0 Å². The average Bonchev–Trinajstić information content (AvgIpc) is 2.35. The quantitative estimate of drug-likeness (QED) is 0.800. The minimum absolute atomic E-state index is 0.178. The number of amides is 1. The summed E-state index contributed by atoms with van der Waals surface area (Å²) in [7, 11) is -1.69. The number of aromatic hydroxyl groups is 1. The Morgan fingerprint density at radius 1 is 1.13 bits per heavy atom. The molecule has 0 bridgehead atoms. The Morgan fingerprint density at radius 3 is 2.30 bits per heavy atom. The van der Waals surface area contributed by atoms with E-state index >= 15 is 0 Å². The van der Waals surface area contributed by atoms with Crippen molar-refractivity contribution in [3.8, 4) is 5.75 Å². The number of benzene rings is 2. The van der Waals surface area contributed by atoms with E-state index in [4.69, 9.17) is 4.74 Å². The molecule has 0 aromatic heterocycles. The number of fused-ring (bicyclic) bond motifs is 1. The normalized spacial score (nSPS) is 12.3. The number of carbonyl (C=O) groups is 1. The topological polar surface area (TPSA) is 58.6 Å². The highest BCUT2D eigenvalue weighted by Crippen LogP contribution is 2.28. The lowest BCUT2D eigenvalue weighted by molar-refractivity contribution is 0.0636. The van der Waals surface area contributed by atoms with E-state index in [1.54, 1.807) is 12.1 Å². The van der Waals surface area contributed by atoms with Gasteiger partial charge in [-0.05, 0) is 43.5 Å². The van der Waals surface area contributed by atoms with E-state index in [-0.39, 0.29) is 5.75 Å². The van der Waals surface area contributed by atoms with Crippen LogP contribution in [0.5, 0.6) is 5.75 Å². The van der Waals surface area contributed by atoms with Crippen molar-refractivity contribution >= 4 is 35.8 Å². The molecule has 2 aromatic carbocycles. The van der Waals surface area contributed by atoms with Gasteiger partial charge >= 0.3 is 6.09 Å². The summed E-state index contributed by atoms with van der Waals surface area (Å²) in [5.74, 6) is 0.178. The van der Waals surface area contributed by atoms with E-state index in [9.17, 15) is 9.90 Å². The fourth-order valence-corrected chi connectivity index (χ4v) is 4.00. The van der Waals surface area contributed by atoms with E-state index in [0.717, 1.165) is 21.6 Å². The third-order valence-electron chi connectivity index (χ3n) is 3.44. The summed E-state index contributed by atoms with van der Waals surface area (Å²) in [6, 6.07) is 9.28. The largest absolute Gasteiger partial charge is 0.508 e. The number of hydrogen-bond acceptors (Lipinski definition) is 3. The van der Waals surface area contributed by atoms with E-state index < -0.39 is 19.8 Å². The second-order valence-electron chi connectivity index (χ2n) is 7.77. The van der Waals surface area contributed by atoms with Crippen molar-refractivity contribution in [3.63, 3.8) is 0 Å². The maximum atomic E-state index is 12.3. The summed E-state index contributed by atoms with van der Waals surface area (Å²) < 4.78 is 5.39. The molecule has 0 heterocycles. The highest BCUT2D eigenvalue weighted by atomic mass is 28.3. The molecule has 0 saturated heterocycles. The van der Waals surface area contributed by atoms with Crippen LogP contribution < -0.4 is 10.5 Å². The molecule has 2 N–H and O–H groups in total. The number of phenolic OH excluding ortho intramolecular Hbond substituents is 1. The zero-order valence-corrected chi connectivity index (χ0v) is 15.7. The van der Waals surface area contributed by atoms with Crippen LogP contribution in [-0.2, 0) is 4.74 Å². The van der Waals surface area contributed by atoms with Crippen LogP contribution in [0.1, 0.15) is 20.8 Å². The maximum Gasteiger partial charge on any atom is 0.412 e. The van der Waals surface area contributed by atoms with Gasteiger partial charge in [0.1, 0.15) is 11.4 Å². The summed E-state index contributed by atoms with van der Waals surface area (Å²) in [6.07, 6.45) is -0.479. The first kappa shape index (κ1) is 17.3. The van der Waals surface area contributed by atoms with Gasteiger partial charge in [0.05, 0.1) is 13.8 Å². The highest BCUT2D eigenvalue weighted by Gasteiger charge is 2.24. The molecular formula is C18H25NO3Si. The van der Waals surface area contributed by atoms with Crippen LogP contribution in [0.3, 0.4) is 0 Å². The number of rotatable bonds is 2. The lowest BCUT2D eigenvalue weighted by Gasteiger charge is -2.25. The predicted molar refractivity (Wildman–Crippen MR) is 98.4 cm³/mol. The van der Waals surface area contributed by atoms with Crippen molar-refractivity contribution in [2.75, 3.05) is 5.32 Å². The Morgan fingerprint density at radius 2 is 1.74 bits per heavy atom. The van der Waals surface area contributed by atoms with Crippen LogP contribution in [0.25, 0.3) is 10.8 Å². The second kappa shape index (κ2) is 5.89. The molecule has 0 spiro atoms. The Bertz CT molecular complexity index is 742. The third-order valence-corrected chi connectivity index (χ3v) is 5.47. The van der Waals surface area contributed by atoms with Gasteiger partial charge in [-0.15, -0.1) is 0 Å². The van der Waals surface area contributed by atoms with Crippen LogP contribution in [0.2, 0.25) is 19.6 Å². The van der Waals surface area contributed by atoms with Crippen molar-refractivity contribution < 1.29 is 14.6 Å². The molecule has 0 aliphatic rings. The zero-order chi connectivity index (χ0) is 17.4. The third kappa shape index (κ3) is 4.25. The molecule has 0 aliphatic heterocycles. The van der Waals surface area contributed by atoms with E-state index in [1.165, 1.54) is 0 Å². The Labute approximate surface area is 138 Å². The number of anilines is 1. The van der Waals surface area contributed by atoms with Gasteiger partial charge in [-0.3, -0.25) is 5.32 Å². The molecule has 2 aromatic rings. The lowest BCUT2D eigenvalue weighted by Crippen LogP contribution is -2.40. The minimum atomic E-state index is -1.69. The van der Waals surface area contributed by atoms with Gasteiger partial charge in [0, 0.05) is 5.39 Å². The van der Waals surface area contributed by atoms with Gasteiger partial charge in [0.25, 0.3) is 0 Å². The first-order valence-corrected chi connectivity index (χ1v) is 11.2. The van der Waals surface area contributed by atoms with Gasteiger partial charge in [-0.2, -0.15) is 0 Å². The predicted octanol–water partition coefficient (Wildman–Crippen LogP) is 4.44. The van der Waals surface area contributed by atoms with Crippen LogP contribution in [0.15, 0.2) is 30.3 Å². The van der Waals surface area contributed by atoms with Crippen LogP contribution in [0.4, 0.5) is 10.5 Å². The van der Waals surface area contributed by atoms with E-state index in [2.05, 4.69) is 31.0 Å². The fourth-order valence-electron chi connectivity index (χ4n) is 2.47. The van der Waals surface area contributed by atoms with E-state index in [0.29, 0.717) is 0 Å². The highest BCUT2D eigenvalue weighted by molar-refractivity contribution is 6.90. The van der Waals surface area contributed by atoms with Crippen LogP contribution >= 0.6 is 0 Å². The fraction of sp³-hybridized carbons (Fsp3) is 0.389. The van der Waals surface area contributed by atoms with Crippen LogP contribution in [-0.4, -0.2) is 24.9 Å². The summed E-state index contributed by atoms with van der Waals surface area (Å²) in [5, 5.41) is 15.7. The summed E-state index contributed by atoms with van der Waals surface area (Å²) in [4.78, 5) is 12.3. The molecule has 23 heavy (non-hydrogen) atoms. The van der Waals surface area contributed by atoms with Gasteiger partial charge in [0.2, 0.25) is 0 Å². The number of carbonyl (C=O) groups excluding carboxylic acids is 1. The number of nitrogens with one attached hydrogen (secondary N) is 1. The van der Waals surface area contributed by atoms with Crippen molar-refractivity contribution in [3.05, 3.63) is 30.3 Å². The monoisotopic (exact) mass is 331 g/mol. The zero-order valence-electron chi connectivity index (χ0n) is 14.7. The molecule has 4 nitrogen and oxygen atoms in total. The molecule has 2 rings (SSSR count). The molecule has 0 fully saturated rings. The lowest BCUT2D eigenvalue weighted by atomic mass is 10.1. The van der Waals surface area contributed by atoms with Gasteiger partial charge in [-0.1, -0.05) is 37.8 Å². The summed E-state index contributed by atoms with van der Waals surface area (Å²) in [5.41, 5.74) is 0.183. The molecule has 0 unspecified atom stereocenters. The molecule has 0 radical (unpaired) electrons. The number of phenols is 1. The molecule has 0 atom stereocenters.